The average molecular weight is 382 g/mol. The Hall–Kier alpha value is -4.19. The van der Waals surface area contributed by atoms with Crippen LogP contribution in [0.2, 0.25) is 0 Å². The zero-order valence-electron chi connectivity index (χ0n) is 15.4. The topological polar surface area (TPSA) is 76.1 Å². The van der Waals surface area contributed by atoms with Gasteiger partial charge in [-0.2, -0.15) is 0 Å². The van der Waals surface area contributed by atoms with Gasteiger partial charge in [-0.05, 0) is 54.6 Å². The summed E-state index contributed by atoms with van der Waals surface area (Å²) in [6.07, 6.45) is 6.74. The van der Waals surface area contributed by atoms with Crippen molar-refractivity contribution in [3.05, 3.63) is 103 Å². The number of carbonyl (C=O) groups is 1. The molecule has 2 aromatic heterocycles. The second-order valence-corrected chi connectivity index (χ2v) is 6.21. The molecule has 4 aromatic rings. The summed E-state index contributed by atoms with van der Waals surface area (Å²) < 4.78 is 5.79. The molecule has 2 heterocycles. The molecular weight excluding hydrogens is 364 g/mol. The lowest BCUT2D eigenvalue weighted by atomic mass is 10.1. The maximum Gasteiger partial charge on any atom is 0.255 e. The van der Waals surface area contributed by atoms with Crippen LogP contribution in [0.5, 0.6) is 11.5 Å². The summed E-state index contributed by atoms with van der Waals surface area (Å²) in [4.78, 5) is 20.7. The number of carbonyl (C=O) groups excluding carboxylic acids is 1. The number of rotatable bonds is 6. The number of benzene rings is 2. The van der Waals surface area contributed by atoms with Crippen molar-refractivity contribution in [2.24, 2.45) is 0 Å². The number of aromatic nitrogens is 2. The lowest BCUT2D eigenvalue weighted by Gasteiger charge is -2.10. The number of anilines is 3. The molecule has 1 amide bonds. The second-order valence-electron chi connectivity index (χ2n) is 6.21. The predicted octanol–water partition coefficient (Wildman–Crippen LogP) is 5.26. The molecule has 6 nitrogen and oxygen atoms in total. The van der Waals surface area contributed by atoms with Gasteiger partial charge in [0.2, 0.25) is 0 Å². The van der Waals surface area contributed by atoms with E-state index in [0.717, 1.165) is 11.4 Å². The van der Waals surface area contributed by atoms with Crippen LogP contribution in [-0.4, -0.2) is 15.9 Å². The third kappa shape index (κ3) is 4.95. The van der Waals surface area contributed by atoms with Crippen molar-refractivity contribution in [2.75, 3.05) is 10.6 Å². The largest absolute Gasteiger partial charge is 0.457 e. The van der Waals surface area contributed by atoms with Crippen LogP contribution in [0, 0.1) is 0 Å². The number of ether oxygens (including phenoxy) is 1. The van der Waals surface area contributed by atoms with Gasteiger partial charge in [0.05, 0.1) is 0 Å². The molecule has 6 heteroatoms. The molecule has 0 aliphatic carbocycles. The normalized spacial score (nSPS) is 10.2. The summed E-state index contributed by atoms with van der Waals surface area (Å²) in [5.41, 5.74) is 2.91. The van der Waals surface area contributed by atoms with Crippen LogP contribution in [-0.2, 0) is 0 Å². The van der Waals surface area contributed by atoms with Crippen LogP contribution in [0.1, 0.15) is 10.4 Å². The lowest BCUT2D eigenvalue weighted by Crippen LogP contribution is -2.12. The standard InChI is InChI=1S/C23H18N4O2/c28-23(17-3-1-4-19(15-17)26-18-7-11-24-12-8-18)27-20-5-2-6-22(16-20)29-21-9-13-25-14-10-21/h1-16H,(H,24,26)(H,27,28). The van der Waals surface area contributed by atoms with E-state index in [9.17, 15) is 4.79 Å². The highest BCUT2D eigenvalue weighted by Gasteiger charge is 2.08. The minimum absolute atomic E-state index is 0.204. The number of nitrogens with zero attached hydrogens (tertiary/aromatic N) is 2. The van der Waals surface area contributed by atoms with Crippen LogP contribution in [0.4, 0.5) is 17.1 Å². The Morgan fingerprint density at radius 1 is 0.690 bits per heavy atom. The van der Waals surface area contributed by atoms with Gasteiger partial charge >= 0.3 is 0 Å². The third-order valence-electron chi connectivity index (χ3n) is 4.07. The Balaban J connectivity index is 1.45. The SMILES string of the molecule is O=C(Nc1cccc(Oc2ccncc2)c1)c1cccc(Nc2ccncc2)c1. The second kappa shape index (κ2) is 8.67. The molecule has 142 valence electrons. The van der Waals surface area contributed by atoms with Gasteiger partial charge in [0.25, 0.3) is 5.91 Å². The van der Waals surface area contributed by atoms with E-state index in [0.29, 0.717) is 22.7 Å². The molecule has 0 fully saturated rings. The van der Waals surface area contributed by atoms with Gasteiger partial charge in [-0.25, -0.2) is 0 Å². The molecular formula is C23H18N4O2. The molecule has 0 saturated heterocycles. The first-order valence-corrected chi connectivity index (χ1v) is 9.03. The smallest absolute Gasteiger partial charge is 0.255 e. The summed E-state index contributed by atoms with van der Waals surface area (Å²) in [5.74, 6) is 1.10. The molecule has 0 unspecified atom stereocenters. The summed E-state index contributed by atoms with van der Waals surface area (Å²) in [6, 6.07) is 21.8. The highest BCUT2D eigenvalue weighted by molar-refractivity contribution is 6.05. The number of pyridine rings is 2. The van der Waals surface area contributed by atoms with Gasteiger partial charge in [-0.3, -0.25) is 14.8 Å². The first-order chi connectivity index (χ1) is 14.3. The summed E-state index contributed by atoms with van der Waals surface area (Å²) >= 11 is 0. The molecule has 0 bridgehead atoms. The highest BCUT2D eigenvalue weighted by atomic mass is 16.5. The fourth-order valence-electron chi connectivity index (χ4n) is 2.72. The zero-order chi connectivity index (χ0) is 19.9. The van der Waals surface area contributed by atoms with Crippen molar-refractivity contribution in [3.63, 3.8) is 0 Å². The van der Waals surface area contributed by atoms with E-state index < -0.39 is 0 Å². The first-order valence-electron chi connectivity index (χ1n) is 9.03. The van der Waals surface area contributed by atoms with E-state index in [1.165, 1.54) is 0 Å². The maximum atomic E-state index is 12.7. The minimum Gasteiger partial charge on any atom is -0.457 e. The molecule has 0 saturated carbocycles. The average Bonchev–Trinajstić information content (AvgIpc) is 2.76. The molecule has 0 radical (unpaired) electrons. The Bertz CT molecular complexity index is 1100. The monoisotopic (exact) mass is 382 g/mol. The Kier molecular flexibility index (Phi) is 5.43. The third-order valence-corrected chi connectivity index (χ3v) is 4.07. The molecule has 4 rings (SSSR count). The van der Waals surface area contributed by atoms with Crippen LogP contribution in [0.15, 0.2) is 97.6 Å². The number of hydrogen-bond acceptors (Lipinski definition) is 5. The van der Waals surface area contributed by atoms with E-state index in [1.807, 2.05) is 42.5 Å². The molecule has 0 aliphatic heterocycles. The number of amides is 1. The van der Waals surface area contributed by atoms with E-state index in [-0.39, 0.29) is 5.91 Å². The fraction of sp³-hybridized carbons (Fsp3) is 0. The van der Waals surface area contributed by atoms with Crippen molar-refractivity contribution in [3.8, 4) is 11.5 Å². The van der Waals surface area contributed by atoms with Gasteiger partial charge in [0, 0.05) is 53.5 Å². The van der Waals surface area contributed by atoms with Crippen molar-refractivity contribution in [1.29, 1.82) is 0 Å². The van der Waals surface area contributed by atoms with Gasteiger partial charge in [0.15, 0.2) is 0 Å². The van der Waals surface area contributed by atoms with E-state index in [2.05, 4.69) is 20.6 Å². The quantitative estimate of drug-likeness (QED) is 0.475. The highest BCUT2D eigenvalue weighted by Crippen LogP contribution is 2.24. The molecule has 29 heavy (non-hydrogen) atoms. The van der Waals surface area contributed by atoms with Gasteiger partial charge in [-0.1, -0.05) is 12.1 Å². The van der Waals surface area contributed by atoms with Crippen LogP contribution >= 0.6 is 0 Å². The zero-order valence-corrected chi connectivity index (χ0v) is 15.4. The van der Waals surface area contributed by atoms with Crippen molar-refractivity contribution < 1.29 is 9.53 Å². The van der Waals surface area contributed by atoms with Crippen molar-refractivity contribution in [1.82, 2.24) is 9.97 Å². The molecule has 0 aliphatic rings. The predicted molar refractivity (Wildman–Crippen MR) is 113 cm³/mol. The Morgan fingerprint density at radius 2 is 1.38 bits per heavy atom. The molecule has 2 N–H and O–H groups in total. The molecule has 0 spiro atoms. The van der Waals surface area contributed by atoms with E-state index >= 15 is 0 Å². The van der Waals surface area contributed by atoms with Gasteiger partial charge < -0.3 is 15.4 Å². The van der Waals surface area contributed by atoms with E-state index in [4.69, 9.17) is 4.74 Å². The van der Waals surface area contributed by atoms with Crippen molar-refractivity contribution >= 4 is 23.0 Å². The minimum atomic E-state index is -0.204. The van der Waals surface area contributed by atoms with Crippen LogP contribution in [0.3, 0.4) is 0 Å². The maximum absolute atomic E-state index is 12.7. The summed E-state index contributed by atoms with van der Waals surface area (Å²) in [7, 11) is 0. The lowest BCUT2D eigenvalue weighted by molar-refractivity contribution is 0.102. The van der Waals surface area contributed by atoms with Crippen molar-refractivity contribution in [2.45, 2.75) is 0 Å². The first kappa shape index (κ1) is 18.2. The fourth-order valence-corrected chi connectivity index (χ4v) is 2.72. The number of nitrogens with one attached hydrogen (secondary N) is 2. The molecule has 2 aromatic carbocycles. The number of hydrogen-bond donors (Lipinski definition) is 2. The summed E-state index contributed by atoms with van der Waals surface area (Å²) in [5, 5.41) is 6.16. The van der Waals surface area contributed by atoms with Gasteiger partial charge in [0.1, 0.15) is 11.5 Å². The summed E-state index contributed by atoms with van der Waals surface area (Å²) in [6.45, 7) is 0. The van der Waals surface area contributed by atoms with Crippen LogP contribution < -0.4 is 15.4 Å². The van der Waals surface area contributed by atoms with Crippen LogP contribution in [0.25, 0.3) is 0 Å². The Morgan fingerprint density at radius 3 is 2.17 bits per heavy atom. The van der Waals surface area contributed by atoms with Gasteiger partial charge in [-0.15, -0.1) is 0 Å². The molecule has 0 atom stereocenters. The van der Waals surface area contributed by atoms with E-state index in [1.54, 1.807) is 55.1 Å². The Labute approximate surface area is 168 Å².